The second kappa shape index (κ2) is 13.8. The van der Waals surface area contributed by atoms with E-state index in [4.69, 9.17) is 9.16 Å². The number of anilines is 1. The van der Waals surface area contributed by atoms with Gasteiger partial charge in [-0.25, -0.2) is 4.79 Å². The highest BCUT2D eigenvalue weighted by Gasteiger charge is 2.42. The van der Waals surface area contributed by atoms with E-state index in [1.54, 1.807) is 0 Å². The molecule has 3 rings (SSSR count). The zero-order valence-electron chi connectivity index (χ0n) is 26.9. The van der Waals surface area contributed by atoms with Crippen LogP contribution < -0.4 is 4.90 Å². The fourth-order valence-corrected chi connectivity index (χ4v) is 8.15. The summed E-state index contributed by atoms with van der Waals surface area (Å²) in [5.74, 6) is 6.47. The highest BCUT2D eigenvalue weighted by molar-refractivity contribution is 7.15. The molecule has 2 aliphatic carbocycles. The Morgan fingerprint density at radius 1 is 1.07 bits per heavy atom. The number of hydrogen-bond acceptors (Lipinski definition) is 6. The van der Waals surface area contributed by atoms with Crippen molar-refractivity contribution in [1.29, 1.82) is 0 Å². The molecular formula is C33H53NO5SSi. The van der Waals surface area contributed by atoms with Crippen molar-refractivity contribution in [1.82, 2.24) is 0 Å². The molecule has 230 valence electrons. The van der Waals surface area contributed by atoms with Crippen LogP contribution in [-0.4, -0.2) is 51.2 Å². The van der Waals surface area contributed by atoms with Crippen LogP contribution >= 0.6 is 11.3 Å². The lowest BCUT2D eigenvalue weighted by Crippen LogP contribution is -2.50. The average molecular weight is 604 g/mol. The van der Waals surface area contributed by atoms with Crippen LogP contribution in [0.2, 0.25) is 18.1 Å². The van der Waals surface area contributed by atoms with Crippen molar-refractivity contribution in [3.8, 4) is 11.8 Å². The van der Waals surface area contributed by atoms with Gasteiger partial charge in [-0.2, -0.15) is 0 Å². The van der Waals surface area contributed by atoms with Crippen molar-refractivity contribution in [2.75, 3.05) is 18.6 Å². The van der Waals surface area contributed by atoms with E-state index in [9.17, 15) is 14.7 Å². The summed E-state index contributed by atoms with van der Waals surface area (Å²) in [6, 6.07) is 1.92. The monoisotopic (exact) mass is 603 g/mol. The van der Waals surface area contributed by atoms with Gasteiger partial charge in [0.05, 0.1) is 17.7 Å². The zero-order chi connectivity index (χ0) is 30.6. The highest BCUT2D eigenvalue weighted by atomic mass is 32.1. The van der Waals surface area contributed by atoms with E-state index in [1.807, 2.05) is 24.8 Å². The minimum Gasteiger partial charge on any atom is -0.465 e. The molecule has 6 nitrogen and oxygen atoms in total. The van der Waals surface area contributed by atoms with Crippen molar-refractivity contribution in [2.45, 2.75) is 130 Å². The number of carbonyl (C=O) groups excluding carboxylic acids is 2. The standard InChI is InChI=1S/C33H53NO5SSi/c1-23-12-10-11-13-27(23)30(36)34(24-14-16-25(17-15-24)39-41(8,9)32(2,3)4)28-22-26(40-29(28)31(37)38-7)18-19-33(5,6)20-21-35/h22-25,27,35H,10-17,20-21H2,1-9H3. The molecule has 0 aliphatic heterocycles. The zero-order valence-corrected chi connectivity index (χ0v) is 28.7. The minimum absolute atomic E-state index is 0.000498. The van der Waals surface area contributed by atoms with Gasteiger partial charge in [-0.3, -0.25) is 4.79 Å². The molecule has 2 aliphatic rings. The Hall–Kier alpha value is -1.66. The summed E-state index contributed by atoms with van der Waals surface area (Å²) in [5.41, 5.74) is 0.280. The second-order valence-corrected chi connectivity index (χ2v) is 20.1. The lowest BCUT2D eigenvalue weighted by molar-refractivity contribution is -0.125. The number of amides is 1. The van der Waals surface area contributed by atoms with Gasteiger partial charge in [-0.15, -0.1) is 11.3 Å². The molecular weight excluding hydrogens is 551 g/mol. The molecule has 1 aromatic heterocycles. The van der Waals surface area contributed by atoms with Gasteiger partial charge in [0.1, 0.15) is 4.88 Å². The summed E-state index contributed by atoms with van der Waals surface area (Å²) in [4.78, 5) is 30.6. The summed E-state index contributed by atoms with van der Waals surface area (Å²) in [5, 5.41) is 9.57. The molecule has 2 unspecified atom stereocenters. The number of ether oxygens (including phenoxy) is 1. The molecule has 2 fully saturated rings. The van der Waals surface area contributed by atoms with Gasteiger partial charge >= 0.3 is 5.97 Å². The number of aliphatic hydroxyl groups is 1. The molecule has 1 heterocycles. The van der Waals surface area contributed by atoms with Crippen molar-refractivity contribution < 1.29 is 23.9 Å². The van der Waals surface area contributed by atoms with Crippen molar-refractivity contribution in [2.24, 2.45) is 17.3 Å². The third-order valence-electron chi connectivity index (χ3n) is 9.55. The van der Waals surface area contributed by atoms with Crippen molar-refractivity contribution in [3.63, 3.8) is 0 Å². The molecule has 2 atom stereocenters. The number of thiophene rings is 1. The molecule has 0 saturated heterocycles. The lowest BCUT2D eigenvalue weighted by atomic mass is 9.79. The predicted octanol–water partition coefficient (Wildman–Crippen LogP) is 7.79. The van der Waals surface area contributed by atoms with E-state index >= 15 is 0 Å². The fourth-order valence-electron chi connectivity index (χ4n) is 5.81. The number of aliphatic hydroxyl groups excluding tert-OH is 1. The first kappa shape index (κ1) is 33.8. The Balaban J connectivity index is 1.98. The quantitative estimate of drug-likeness (QED) is 0.187. The van der Waals surface area contributed by atoms with Crippen LogP contribution in [0.3, 0.4) is 0 Å². The lowest BCUT2D eigenvalue weighted by Gasteiger charge is -2.43. The van der Waals surface area contributed by atoms with Gasteiger partial charge in [-0.05, 0) is 88.9 Å². The molecule has 41 heavy (non-hydrogen) atoms. The number of hydrogen-bond donors (Lipinski definition) is 1. The Labute approximate surface area is 253 Å². The number of esters is 1. The molecule has 2 saturated carbocycles. The fraction of sp³-hybridized carbons (Fsp3) is 0.758. The SMILES string of the molecule is COC(=O)c1sc(C#CC(C)(C)CCO)cc1N(C(=O)C1CCCCC1C)C1CCC(O[Si](C)(C)C(C)(C)C)CC1. The highest BCUT2D eigenvalue weighted by Crippen LogP contribution is 2.42. The van der Waals surface area contributed by atoms with Crippen LogP contribution in [0.15, 0.2) is 6.07 Å². The van der Waals surface area contributed by atoms with E-state index in [0.29, 0.717) is 22.9 Å². The molecule has 0 aromatic carbocycles. The summed E-state index contributed by atoms with van der Waals surface area (Å²) >= 11 is 1.30. The molecule has 1 aromatic rings. The summed E-state index contributed by atoms with van der Waals surface area (Å²) in [6.45, 7) is 17.7. The van der Waals surface area contributed by atoms with Gasteiger partial charge in [0.25, 0.3) is 0 Å². The summed E-state index contributed by atoms with van der Waals surface area (Å²) < 4.78 is 12.0. The Morgan fingerprint density at radius 2 is 1.71 bits per heavy atom. The smallest absolute Gasteiger partial charge is 0.350 e. The van der Waals surface area contributed by atoms with Gasteiger partial charge in [-0.1, -0.05) is 52.4 Å². The number of methoxy groups -OCH3 is 1. The predicted molar refractivity (Wildman–Crippen MR) is 171 cm³/mol. The van der Waals surface area contributed by atoms with E-state index in [1.165, 1.54) is 18.4 Å². The van der Waals surface area contributed by atoms with Crippen molar-refractivity contribution in [3.05, 3.63) is 15.8 Å². The Kier molecular flexibility index (Phi) is 11.3. The number of rotatable bonds is 8. The molecule has 0 radical (unpaired) electrons. The van der Waals surface area contributed by atoms with Crippen LogP contribution in [0.4, 0.5) is 5.69 Å². The largest absolute Gasteiger partial charge is 0.465 e. The van der Waals surface area contributed by atoms with Gasteiger partial charge in [0.2, 0.25) is 5.91 Å². The van der Waals surface area contributed by atoms with Crippen LogP contribution in [0.1, 0.15) is 114 Å². The van der Waals surface area contributed by atoms with E-state index in [2.05, 4.69) is 52.6 Å². The molecule has 0 spiro atoms. The molecule has 1 N–H and O–H groups in total. The van der Waals surface area contributed by atoms with Gasteiger partial charge in [0, 0.05) is 30.1 Å². The maximum absolute atomic E-state index is 14.4. The van der Waals surface area contributed by atoms with Crippen LogP contribution in [-0.2, 0) is 14.0 Å². The normalized spacial score (nSPS) is 23.9. The van der Waals surface area contributed by atoms with E-state index in [-0.39, 0.29) is 41.0 Å². The summed E-state index contributed by atoms with van der Waals surface area (Å²) in [6.07, 6.45) is 8.42. The van der Waals surface area contributed by atoms with Crippen LogP contribution in [0, 0.1) is 29.1 Å². The first-order valence-corrected chi connectivity index (χ1v) is 19.2. The Morgan fingerprint density at radius 3 is 2.27 bits per heavy atom. The first-order valence-electron chi connectivity index (χ1n) is 15.5. The molecule has 0 bridgehead atoms. The van der Waals surface area contributed by atoms with E-state index in [0.717, 1.165) is 56.2 Å². The number of nitrogens with zero attached hydrogens (tertiary/aromatic N) is 1. The average Bonchev–Trinajstić information content (AvgIpc) is 3.31. The summed E-state index contributed by atoms with van der Waals surface area (Å²) in [7, 11) is -0.501. The number of carbonyl (C=O) groups is 2. The van der Waals surface area contributed by atoms with Gasteiger partial charge < -0.3 is 19.2 Å². The third-order valence-corrected chi connectivity index (χ3v) is 15.1. The van der Waals surface area contributed by atoms with Gasteiger partial charge in [0.15, 0.2) is 8.32 Å². The minimum atomic E-state index is -1.89. The molecule has 1 amide bonds. The van der Waals surface area contributed by atoms with Crippen LogP contribution in [0.5, 0.6) is 0 Å². The maximum Gasteiger partial charge on any atom is 0.350 e. The van der Waals surface area contributed by atoms with Crippen LogP contribution in [0.25, 0.3) is 0 Å². The van der Waals surface area contributed by atoms with Crippen molar-refractivity contribution >= 4 is 37.2 Å². The topological polar surface area (TPSA) is 76.1 Å². The van der Waals surface area contributed by atoms with E-state index < -0.39 is 14.3 Å². The Bertz CT molecular complexity index is 1120. The second-order valence-electron chi connectivity index (χ2n) is 14.3. The maximum atomic E-state index is 14.4. The third kappa shape index (κ3) is 8.46. The molecule has 8 heteroatoms. The first-order chi connectivity index (χ1) is 19.1.